The van der Waals surface area contributed by atoms with Gasteiger partial charge in [-0.2, -0.15) is 0 Å². The van der Waals surface area contributed by atoms with Crippen LogP contribution < -0.4 is 0 Å². The van der Waals surface area contributed by atoms with Crippen LogP contribution in [0, 0.1) is 5.92 Å². The van der Waals surface area contributed by atoms with Crippen LogP contribution in [0.5, 0.6) is 0 Å². The Morgan fingerprint density at radius 2 is 1.40 bits per heavy atom. The average Bonchev–Trinajstić information content (AvgIpc) is 2.27. The number of hydrogen-bond donors (Lipinski definition) is 1. The Labute approximate surface area is 94.0 Å². The van der Waals surface area contributed by atoms with Crippen molar-refractivity contribution in [3.05, 3.63) is 0 Å². The fourth-order valence-corrected chi connectivity index (χ4v) is 2.50. The molecule has 0 radical (unpaired) electrons. The van der Waals surface area contributed by atoms with Crippen LogP contribution in [-0.4, -0.2) is 18.5 Å². The van der Waals surface area contributed by atoms with E-state index in [1.807, 2.05) is 0 Å². The zero-order valence-corrected chi connectivity index (χ0v) is 9.92. The standard InChI is InChI=1S/C13H26O2/c14-12-15-11-10-13-8-6-4-2-1-3-5-7-9-13/h13-14H,1-12H2. The molecule has 0 aromatic carbocycles. The highest BCUT2D eigenvalue weighted by Crippen LogP contribution is 2.23. The fraction of sp³-hybridized carbons (Fsp3) is 1.00. The largest absolute Gasteiger partial charge is 0.371 e. The van der Waals surface area contributed by atoms with Crippen LogP contribution >= 0.6 is 0 Å². The van der Waals surface area contributed by atoms with Gasteiger partial charge in [-0.1, -0.05) is 57.8 Å². The molecule has 1 aliphatic rings. The number of hydrogen-bond acceptors (Lipinski definition) is 2. The van der Waals surface area contributed by atoms with Gasteiger partial charge in [0.1, 0.15) is 6.79 Å². The summed E-state index contributed by atoms with van der Waals surface area (Å²) in [6, 6.07) is 0. The molecule has 0 aliphatic heterocycles. The van der Waals surface area contributed by atoms with Gasteiger partial charge in [0.05, 0.1) is 0 Å². The minimum atomic E-state index is -0.118. The van der Waals surface area contributed by atoms with Gasteiger partial charge >= 0.3 is 0 Å². The number of rotatable bonds is 4. The predicted octanol–water partition coefficient (Wildman–Crippen LogP) is 3.48. The molecule has 90 valence electrons. The highest BCUT2D eigenvalue weighted by molar-refractivity contribution is 4.62. The SMILES string of the molecule is OCOCCC1CCCCCCCCC1. The Bertz CT molecular complexity index is 124. The maximum atomic E-state index is 8.56. The Balaban J connectivity index is 2.13. The summed E-state index contributed by atoms with van der Waals surface area (Å²) in [5.74, 6) is 0.842. The van der Waals surface area contributed by atoms with Gasteiger partial charge in [-0.05, 0) is 12.3 Å². The second-order valence-corrected chi connectivity index (χ2v) is 4.74. The molecular formula is C13H26O2. The van der Waals surface area contributed by atoms with Crippen molar-refractivity contribution < 1.29 is 9.84 Å². The van der Waals surface area contributed by atoms with Crippen LogP contribution in [-0.2, 0) is 4.74 Å². The molecule has 15 heavy (non-hydrogen) atoms. The summed E-state index contributed by atoms with van der Waals surface area (Å²) in [5.41, 5.74) is 0. The molecule has 1 N–H and O–H groups in total. The molecule has 1 saturated carbocycles. The summed E-state index contributed by atoms with van der Waals surface area (Å²) in [6.45, 7) is 0.619. The lowest BCUT2D eigenvalue weighted by Gasteiger charge is -2.18. The van der Waals surface area contributed by atoms with E-state index in [1.165, 1.54) is 57.8 Å². The van der Waals surface area contributed by atoms with Crippen LogP contribution in [0.2, 0.25) is 0 Å². The first-order valence-electron chi connectivity index (χ1n) is 6.62. The van der Waals surface area contributed by atoms with E-state index in [-0.39, 0.29) is 6.79 Å². The second kappa shape index (κ2) is 9.17. The summed E-state index contributed by atoms with van der Waals surface area (Å²) in [5, 5.41) is 8.56. The molecule has 0 aromatic heterocycles. The Kier molecular flexibility index (Phi) is 7.94. The molecule has 0 spiro atoms. The third-order valence-electron chi connectivity index (χ3n) is 3.49. The maximum absolute atomic E-state index is 8.56. The molecule has 0 saturated heterocycles. The van der Waals surface area contributed by atoms with Crippen LogP contribution in [0.1, 0.15) is 64.2 Å². The van der Waals surface area contributed by atoms with Crippen molar-refractivity contribution in [3.63, 3.8) is 0 Å². The van der Waals surface area contributed by atoms with Crippen LogP contribution in [0.15, 0.2) is 0 Å². The molecule has 1 fully saturated rings. The third kappa shape index (κ3) is 6.91. The van der Waals surface area contributed by atoms with Crippen LogP contribution in [0.25, 0.3) is 0 Å². The first kappa shape index (κ1) is 13.0. The van der Waals surface area contributed by atoms with Crippen molar-refractivity contribution in [1.82, 2.24) is 0 Å². The Morgan fingerprint density at radius 1 is 0.867 bits per heavy atom. The molecule has 0 unspecified atom stereocenters. The van der Waals surface area contributed by atoms with Crippen molar-refractivity contribution in [2.45, 2.75) is 64.2 Å². The summed E-state index contributed by atoms with van der Waals surface area (Å²) < 4.78 is 5.02. The van der Waals surface area contributed by atoms with E-state index in [1.54, 1.807) is 0 Å². The molecule has 0 heterocycles. The van der Waals surface area contributed by atoms with E-state index >= 15 is 0 Å². The van der Waals surface area contributed by atoms with Crippen molar-refractivity contribution in [2.75, 3.05) is 13.4 Å². The Hall–Kier alpha value is -0.0800. The van der Waals surface area contributed by atoms with Gasteiger partial charge in [0.2, 0.25) is 0 Å². The van der Waals surface area contributed by atoms with Crippen molar-refractivity contribution in [3.8, 4) is 0 Å². The molecule has 0 aromatic rings. The van der Waals surface area contributed by atoms with Crippen molar-refractivity contribution in [2.24, 2.45) is 5.92 Å². The molecule has 2 heteroatoms. The Morgan fingerprint density at radius 3 is 1.93 bits per heavy atom. The highest BCUT2D eigenvalue weighted by atomic mass is 16.6. The van der Waals surface area contributed by atoms with Crippen molar-refractivity contribution in [1.29, 1.82) is 0 Å². The minimum absolute atomic E-state index is 0.118. The minimum Gasteiger partial charge on any atom is -0.371 e. The van der Waals surface area contributed by atoms with E-state index < -0.39 is 0 Å². The van der Waals surface area contributed by atoms with E-state index in [4.69, 9.17) is 9.84 Å². The van der Waals surface area contributed by atoms with Gasteiger partial charge in [-0.3, -0.25) is 0 Å². The van der Waals surface area contributed by atoms with Gasteiger partial charge in [0.15, 0.2) is 0 Å². The molecule has 1 aliphatic carbocycles. The molecule has 0 amide bonds. The smallest absolute Gasteiger partial charge is 0.143 e. The van der Waals surface area contributed by atoms with Crippen molar-refractivity contribution >= 4 is 0 Å². The molecular weight excluding hydrogens is 188 g/mol. The first-order valence-corrected chi connectivity index (χ1v) is 6.62. The first-order chi connectivity index (χ1) is 7.43. The predicted molar refractivity (Wildman–Crippen MR) is 62.7 cm³/mol. The molecule has 0 bridgehead atoms. The van der Waals surface area contributed by atoms with Gasteiger partial charge in [0.25, 0.3) is 0 Å². The monoisotopic (exact) mass is 214 g/mol. The van der Waals surface area contributed by atoms with Gasteiger partial charge in [0, 0.05) is 6.61 Å². The van der Waals surface area contributed by atoms with Crippen LogP contribution in [0.3, 0.4) is 0 Å². The normalized spacial score (nSPS) is 21.4. The topological polar surface area (TPSA) is 29.5 Å². The van der Waals surface area contributed by atoms with E-state index in [0.717, 1.165) is 18.9 Å². The van der Waals surface area contributed by atoms with E-state index in [0.29, 0.717) is 0 Å². The lowest BCUT2D eigenvalue weighted by Crippen LogP contribution is -2.07. The van der Waals surface area contributed by atoms with E-state index in [2.05, 4.69) is 0 Å². The maximum Gasteiger partial charge on any atom is 0.143 e. The summed E-state index contributed by atoms with van der Waals surface area (Å²) in [4.78, 5) is 0. The summed E-state index contributed by atoms with van der Waals surface area (Å²) >= 11 is 0. The summed E-state index contributed by atoms with van der Waals surface area (Å²) in [7, 11) is 0. The zero-order chi connectivity index (χ0) is 10.8. The molecule has 0 atom stereocenters. The quantitative estimate of drug-likeness (QED) is 0.573. The van der Waals surface area contributed by atoms with Gasteiger partial charge in [-0.15, -0.1) is 0 Å². The summed E-state index contributed by atoms with van der Waals surface area (Å²) in [6.07, 6.45) is 13.8. The van der Waals surface area contributed by atoms with Gasteiger partial charge < -0.3 is 9.84 Å². The fourth-order valence-electron chi connectivity index (χ4n) is 2.50. The lowest BCUT2D eigenvalue weighted by atomic mass is 9.90. The number of ether oxygens (including phenoxy) is 1. The number of aliphatic hydroxyl groups excluding tert-OH is 1. The average molecular weight is 214 g/mol. The lowest BCUT2D eigenvalue weighted by molar-refractivity contribution is -0.00746. The zero-order valence-electron chi connectivity index (χ0n) is 9.92. The van der Waals surface area contributed by atoms with E-state index in [9.17, 15) is 0 Å². The molecule has 2 nitrogen and oxygen atoms in total. The number of aliphatic hydroxyl groups is 1. The molecule has 1 rings (SSSR count). The van der Waals surface area contributed by atoms with Crippen LogP contribution in [0.4, 0.5) is 0 Å². The third-order valence-corrected chi connectivity index (χ3v) is 3.49. The highest BCUT2D eigenvalue weighted by Gasteiger charge is 2.09. The van der Waals surface area contributed by atoms with Gasteiger partial charge in [-0.25, -0.2) is 0 Å². The second-order valence-electron chi connectivity index (χ2n) is 4.74.